The van der Waals surface area contributed by atoms with Crippen LogP contribution >= 0.6 is 11.6 Å². The highest BCUT2D eigenvalue weighted by Crippen LogP contribution is 2.42. The number of aromatic nitrogens is 2. The van der Waals surface area contributed by atoms with E-state index in [-0.39, 0.29) is 45.5 Å². The lowest BCUT2D eigenvalue weighted by atomic mass is 10.0. The molecule has 0 aliphatic carbocycles. The minimum Gasteiger partial charge on any atom is -0.507 e. The van der Waals surface area contributed by atoms with Crippen molar-refractivity contribution < 1.29 is 23.5 Å². The zero-order chi connectivity index (χ0) is 27.8. The number of amides is 2. The van der Waals surface area contributed by atoms with Crippen LogP contribution in [0.5, 0.6) is 5.75 Å². The Kier molecular flexibility index (Phi) is 7.26. The molecule has 3 heterocycles. The molecule has 204 valence electrons. The highest BCUT2D eigenvalue weighted by Gasteiger charge is 2.29. The number of phenolic OH excluding ortho intramolecular Hbond substituents is 1. The predicted molar refractivity (Wildman–Crippen MR) is 145 cm³/mol. The van der Waals surface area contributed by atoms with Gasteiger partial charge in [-0.2, -0.15) is 4.98 Å². The first-order valence-corrected chi connectivity index (χ1v) is 12.9. The van der Waals surface area contributed by atoms with Gasteiger partial charge in [0.15, 0.2) is 5.82 Å². The van der Waals surface area contributed by atoms with Crippen molar-refractivity contribution in [1.29, 1.82) is 0 Å². The molecule has 2 aliphatic rings. The topological polar surface area (TPSA) is 102 Å². The first-order chi connectivity index (χ1) is 18.7. The van der Waals surface area contributed by atoms with Gasteiger partial charge in [-0.05, 0) is 30.7 Å². The Bertz CT molecular complexity index is 1460. The van der Waals surface area contributed by atoms with E-state index in [9.17, 15) is 19.1 Å². The molecule has 2 amide bonds. The zero-order valence-corrected chi connectivity index (χ0v) is 22.0. The second-order valence-corrected chi connectivity index (χ2v) is 9.97. The van der Waals surface area contributed by atoms with Crippen LogP contribution in [0.15, 0.2) is 36.9 Å². The number of piperazine rings is 1. The summed E-state index contributed by atoms with van der Waals surface area (Å²) in [6.07, 6.45) is 1.89. The van der Waals surface area contributed by atoms with E-state index < -0.39 is 17.4 Å². The summed E-state index contributed by atoms with van der Waals surface area (Å²) in [5, 5.41) is 13.8. The van der Waals surface area contributed by atoms with E-state index in [1.807, 2.05) is 4.90 Å². The summed E-state index contributed by atoms with van der Waals surface area (Å²) in [4.78, 5) is 38.3. The maximum absolute atomic E-state index is 16.2. The summed E-state index contributed by atoms with van der Waals surface area (Å²) < 4.78 is 30.9. The molecule has 1 unspecified atom stereocenters. The maximum atomic E-state index is 16.2. The summed E-state index contributed by atoms with van der Waals surface area (Å²) >= 11 is 6.49. The quantitative estimate of drug-likeness (QED) is 0.461. The van der Waals surface area contributed by atoms with E-state index in [1.54, 1.807) is 9.80 Å². The smallest absolute Gasteiger partial charge is 0.246 e. The van der Waals surface area contributed by atoms with Crippen LogP contribution in [0.3, 0.4) is 0 Å². The number of anilines is 2. The second kappa shape index (κ2) is 10.6. The molecule has 12 heteroatoms. The number of benzene rings is 2. The molecular formula is C27H27ClF2N6O3. The molecule has 39 heavy (non-hydrogen) atoms. The Hall–Kier alpha value is -3.99. The summed E-state index contributed by atoms with van der Waals surface area (Å²) in [6, 6.07) is 4.96. The van der Waals surface area contributed by atoms with Gasteiger partial charge >= 0.3 is 0 Å². The number of rotatable bonds is 5. The van der Waals surface area contributed by atoms with Crippen LogP contribution in [0.4, 0.5) is 20.5 Å². The first kappa shape index (κ1) is 26.6. The zero-order valence-electron chi connectivity index (χ0n) is 21.3. The number of carbonyl (C=O) groups excluding carboxylic acids is 2. The fourth-order valence-corrected chi connectivity index (χ4v) is 5.38. The lowest BCUT2D eigenvalue weighted by Gasteiger charge is -2.35. The van der Waals surface area contributed by atoms with E-state index >= 15 is 4.39 Å². The fraction of sp³-hybridized carbons (Fsp3) is 0.333. The van der Waals surface area contributed by atoms with Crippen molar-refractivity contribution in [3.8, 4) is 16.9 Å². The molecule has 5 rings (SSSR count). The Labute approximate surface area is 228 Å². The monoisotopic (exact) mass is 556 g/mol. The number of carbonyl (C=O) groups is 2. The molecule has 2 fully saturated rings. The molecular weight excluding hydrogens is 530 g/mol. The molecule has 0 spiro atoms. The Morgan fingerprint density at radius 3 is 2.54 bits per heavy atom. The Morgan fingerprint density at radius 2 is 1.87 bits per heavy atom. The van der Waals surface area contributed by atoms with E-state index in [0.717, 1.165) is 6.07 Å². The van der Waals surface area contributed by atoms with Crippen LogP contribution in [0.25, 0.3) is 22.0 Å². The van der Waals surface area contributed by atoms with Crippen molar-refractivity contribution in [3.05, 3.63) is 53.6 Å². The average molecular weight is 557 g/mol. The van der Waals surface area contributed by atoms with E-state index in [1.165, 1.54) is 31.2 Å². The molecule has 2 aromatic carbocycles. The maximum Gasteiger partial charge on any atom is 0.246 e. The van der Waals surface area contributed by atoms with Crippen LogP contribution in [-0.4, -0.2) is 82.0 Å². The molecule has 9 nitrogen and oxygen atoms in total. The van der Waals surface area contributed by atoms with Gasteiger partial charge in [-0.1, -0.05) is 24.2 Å². The van der Waals surface area contributed by atoms with Gasteiger partial charge in [0.1, 0.15) is 22.9 Å². The van der Waals surface area contributed by atoms with Crippen molar-refractivity contribution in [3.63, 3.8) is 0 Å². The summed E-state index contributed by atoms with van der Waals surface area (Å²) in [5.74, 6) is -1.86. The van der Waals surface area contributed by atoms with Gasteiger partial charge in [0.25, 0.3) is 0 Å². The molecule has 0 saturated carbocycles. The third-order valence-corrected chi connectivity index (χ3v) is 7.43. The lowest BCUT2D eigenvalue weighted by molar-refractivity contribution is -0.129. The van der Waals surface area contributed by atoms with Crippen LogP contribution in [0.1, 0.15) is 13.3 Å². The third-order valence-electron chi connectivity index (χ3n) is 7.14. The van der Waals surface area contributed by atoms with Gasteiger partial charge in [0, 0.05) is 63.2 Å². The van der Waals surface area contributed by atoms with Gasteiger partial charge in [-0.25, -0.2) is 13.8 Å². The molecule has 2 saturated heterocycles. The average Bonchev–Trinajstić information content (AvgIpc) is 3.38. The van der Waals surface area contributed by atoms with E-state index in [4.69, 9.17) is 16.6 Å². The van der Waals surface area contributed by atoms with Gasteiger partial charge < -0.3 is 25.1 Å². The van der Waals surface area contributed by atoms with Gasteiger partial charge in [0.2, 0.25) is 17.8 Å². The van der Waals surface area contributed by atoms with Gasteiger partial charge in [-0.3, -0.25) is 9.59 Å². The highest BCUT2D eigenvalue weighted by molar-refractivity contribution is 6.34. The largest absolute Gasteiger partial charge is 0.507 e. The molecule has 0 radical (unpaired) electrons. The van der Waals surface area contributed by atoms with Crippen LogP contribution in [0, 0.1) is 11.6 Å². The van der Waals surface area contributed by atoms with Crippen molar-refractivity contribution in [2.45, 2.75) is 19.4 Å². The van der Waals surface area contributed by atoms with Gasteiger partial charge in [0.05, 0.1) is 10.6 Å². The number of phenols is 1. The summed E-state index contributed by atoms with van der Waals surface area (Å²) in [6.45, 7) is 7.78. The normalized spacial score (nSPS) is 17.5. The standard InChI is InChI=1S/C27H27ClF2N6O3/c1-3-21(39)36-8-7-16(14-36)31-27-32-25-17(26(33-27)35-11-9-34(10-12-35)15(2)37)13-18(28)22(24(25)30)23-19(29)5-4-6-20(23)38/h3-6,13,16,38H,1,7-12,14H2,2H3,(H,31,32,33). The number of aromatic hydroxyl groups is 1. The van der Waals surface area contributed by atoms with E-state index in [2.05, 4.69) is 16.9 Å². The third kappa shape index (κ3) is 5.06. The Morgan fingerprint density at radius 1 is 1.13 bits per heavy atom. The second-order valence-electron chi connectivity index (χ2n) is 9.56. The number of halogens is 3. The molecule has 1 atom stereocenters. The van der Waals surface area contributed by atoms with Crippen LogP contribution in [0.2, 0.25) is 5.02 Å². The van der Waals surface area contributed by atoms with Crippen molar-refractivity contribution in [1.82, 2.24) is 19.8 Å². The number of nitrogens with one attached hydrogen (secondary N) is 1. The highest BCUT2D eigenvalue weighted by atomic mass is 35.5. The van der Waals surface area contributed by atoms with Crippen molar-refractivity contribution >= 4 is 46.1 Å². The number of hydrogen-bond donors (Lipinski definition) is 2. The lowest BCUT2D eigenvalue weighted by Crippen LogP contribution is -2.48. The molecule has 3 aromatic rings. The predicted octanol–water partition coefficient (Wildman–Crippen LogP) is 3.80. The molecule has 2 aliphatic heterocycles. The molecule has 0 bridgehead atoms. The van der Waals surface area contributed by atoms with Crippen LogP contribution < -0.4 is 10.2 Å². The molecule has 1 aromatic heterocycles. The van der Waals surface area contributed by atoms with Crippen molar-refractivity contribution in [2.75, 3.05) is 49.5 Å². The van der Waals surface area contributed by atoms with Crippen molar-refractivity contribution in [2.24, 2.45) is 0 Å². The van der Waals surface area contributed by atoms with Crippen LogP contribution in [-0.2, 0) is 9.59 Å². The molecule has 2 N–H and O–H groups in total. The summed E-state index contributed by atoms with van der Waals surface area (Å²) in [7, 11) is 0. The Balaban J connectivity index is 1.61. The number of likely N-dealkylation sites (tertiary alicyclic amines) is 1. The first-order valence-electron chi connectivity index (χ1n) is 12.5. The summed E-state index contributed by atoms with van der Waals surface area (Å²) in [5.41, 5.74) is -0.767. The minimum atomic E-state index is -0.901. The van der Waals surface area contributed by atoms with Gasteiger partial charge in [-0.15, -0.1) is 0 Å². The number of nitrogens with zero attached hydrogens (tertiary/aromatic N) is 5. The number of hydrogen-bond acceptors (Lipinski definition) is 7. The fourth-order valence-electron chi connectivity index (χ4n) is 5.10. The number of fused-ring (bicyclic) bond motifs is 1. The SMILES string of the molecule is C=CC(=O)N1CCC(Nc2nc(N3CCN(C(C)=O)CC3)c3cc(Cl)c(-c4c(O)cccc4F)c(F)c3n2)C1. The minimum absolute atomic E-state index is 0.0344. The van der Waals surface area contributed by atoms with E-state index in [0.29, 0.717) is 56.9 Å².